The minimum absolute atomic E-state index is 0.307. The molecule has 1 aromatic carbocycles. The summed E-state index contributed by atoms with van der Waals surface area (Å²) in [5.74, 6) is 0.990. The highest BCUT2D eigenvalue weighted by Crippen LogP contribution is 2.28. The zero-order chi connectivity index (χ0) is 14.2. The molecule has 0 amide bonds. The highest BCUT2D eigenvalue weighted by molar-refractivity contribution is 5.58. The van der Waals surface area contributed by atoms with Crippen LogP contribution >= 0.6 is 0 Å². The molecule has 112 valence electrons. The largest absolute Gasteiger partial charge is 0.492 e. The Morgan fingerprint density at radius 2 is 1.85 bits per heavy atom. The Morgan fingerprint density at radius 1 is 1.10 bits per heavy atom. The second-order valence-corrected chi connectivity index (χ2v) is 5.16. The van der Waals surface area contributed by atoms with Gasteiger partial charge in [0.25, 0.3) is 0 Å². The van der Waals surface area contributed by atoms with Crippen LogP contribution in [0.5, 0.6) is 5.75 Å². The van der Waals surface area contributed by atoms with Gasteiger partial charge >= 0.3 is 0 Å². The Kier molecular flexibility index (Phi) is 6.15. The lowest BCUT2D eigenvalue weighted by atomic mass is 10.2. The van der Waals surface area contributed by atoms with Crippen LogP contribution in [-0.4, -0.2) is 55.9 Å². The van der Waals surface area contributed by atoms with E-state index in [1.165, 1.54) is 5.69 Å². The first-order valence-electron chi connectivity index (χ1n) is 7.65. The van der Waals surface area contributed by atoms with Gasteiger partial charge in [0, 0.05) is 32.8 Å². The normalized spacial score (nSPS) is 16.4. The van der Waals surface area contributed by atoms with E-state index in [1.54, 1.807) is 0 Å². The molecule has 0 aliphatic carbocycles. The first kappa shape index (κ1) is 15.1. The van der Waals surface area contributed by atoms with Crippen molar-refractivity contribution in [1.82, 2.24) is 4.90 Å². The molecular formula is C16H26N2O2. The van der Waals surface area contributed by atoms with Crippen LogP contribution in [0.4, 0.5) is 5.69 Å². The third-order valence-electron chi connectivity index (χ3n) is 3.76. The molecule has 1 aliphatic rings. The molecule has 4 nitrogen and oxygen atoms in total. The summed E-state index contributed by atoms with van der Waals surface area (Å²) >= 11 is 0. The van der Waals surface area contributed by atoms with E-state index in [9.17, 15) is 0 Å². The van der Waals surface area contributed by atoms with Crippen LogP contribution < -0.4 is 9.64 Å². The maximum absolute atomic E-state index is 8.83. The first-order valence-corrected chi connectivity index (χ1v) is 7.65. The summed E-state index contributed by atoms with van der Waals surface area (Å²) in [4.78, 5) is 4.89. The highest BCUT2D eigenvalue weighted by atomic mass is 16.5. The average molecular weight is 278 g/mol. The van der Waals surface area contributed by atoms with Gasteiger partial charge in [-0.1, -0.05) is 12.1 Å². The van der Waals surface area contributed by atoms with Gasteiger partial charge in [0.2, 0.25) is 0 Å². The number of para-hydroxylation sites is 2. The van der Waals surface area contributed by atoms with E-state index in [4.69, 9.17) is 9.84 Å². The van der Waals surface area contributed by atoms with Crippen molar-refractivity contribution in [2.24, 2.45) is 0 Å². The Hall–Kier alpha value is -1.26. The third-order valence-corrected chi connectivity index (χ3v) is 3.76. The number of unbranched alkanes of at least 4 members (excludes halogenated alkanes) is 1. The number of hydrogen-bond donors (Lipinski definition) is 1. The van der Waals surface area contributed by atoms with Crippen LogP contribution in [0.15, 0.2) is 24.3 Å². The SMILES string of the molecule is CCOc1ccccc1N1CCN(CCCCO)CC1. The summed E-state index contributed by atoms with van der Waals surface area (Å²) in [5, 5.41) is 8.83. The van der Waals surface area contributed by atoms with Crippen LogP contribution in [-0.2, 0) is 0 Å². The fourth-order valence-corrected chi connectivity index (χ4v) is 2.66. The summed E-state index contributed by atoms with van der Waals surface area (Å²) in [6.07, 6.45) is 2.00. The topological polar surface area (TPSA) is 35.9 Å². The quantitative estimate of drug-likeness (QED) is 0.774. The van der Waals surface area contributed by atoms with Gasteiger partial charge in [-0.2, -0.15) is 0 Å². The van der Waals surface area contributed by atoms with Crippen molar-refractivity contribution in [2.75, 3.05) is 50.8 Å². The molecule has 1 heterocycles. The van der Waals surface area contributed by atoms with E-state index >= 15 is 0 Å². The summed E-state index contributed by atoms with van der Waals surface area (Å²) in [7, 11) is 0. The number of aliphatic hydroxyl groups is 1. The predicted octanol–water partition coefficient (Wildman–Crippen LogP) is 1.98. The predicted molar refractivity (Wildman–Crippen MR) is 82.6 cm³/mol. The molecular weight excluding hydrogens is 252 g/mol. The molecule has 0 atom stereocenters. The number of rotatable bonds is 7. The van der Waals surface area contributed by atoms with Gasteiger partial charge < -0.3 is 14.7 Å². The lowest BCUT2D eigenvalue weighted by Crippen LogP contribution is -2.46. The van der Waals surface area contributed by atoms with Crippen molar-refractivity contribution >= 4 is 5.69 Å². The van der Waals surface area contributed by atoms with E-state index in [0.29, 0.717) is 13.2 Å². The van der Waals surface area contributed by atoms with Gasteiger partial charge in [-0.15, -0.1) is 0 Å². The summed E-state index contributed by atoms with van der Waals surface area (Å²) in [6.45, 7) is 8.40. The summed E-state index contributed by atoms with van der Waals surface area (Å²) < 4.78 is 5.71. The molecule has 2 rings (SSSR count). The minimum atomic E-state index is 0.307. The molecule has 0 radical (unpaired) electrons. The monoisotopic (exact) mass is 278 g/mol. The molecule has 1 fully saturated rings. The van der Waals surface area contributed by atoms with Crippen molar-refractivity contribution in [3.8, 4) is 5.75 Å². The van der Waals surface area contributed by atoms with E-state index in [0.717, 1.165) is 51.3 Å². The van der Waals surface area contributed by atoms with Gasteiger partial charge in [0.15, 0.2) is 0 Å². The minimum Gasteiger partial charge on any atom is -0.492 e. The van der Waals surface area contributed by atoms with Gasteiger partial charge in [0.05, 0.1) is 12.3 Å². The maximum Gasteiger partial charge on any atom is 0.142 e. The van der Waals surface area contributed by atoms with Gasteiger partial charge in [-0.25, -0.2) is 0 Å². The Morgan fingerprint density at radius 3 is 2.55 bits per heavy atom. The fraction of sp³-hybridized carbons (Fsp3) is 0.625. The molecule has 0 bridgehead atoms. The van der Waals surface area contributed by atoms with Crippen LogP contribution in [0, 0.1) is 0 Å². The molecule has 1 aliphatic heterocycles. The average Bonchev–Trinajstić information content (AvgIpc) is 2.49. The third kappa shape index (κ3) is 4.12. The fourth-order valence-electron chi connectivity index (χ4n) is 2.66. The highest BCUT2D eigenvalue weighted by Gasteiger charge is 2.19. The van der Waals surface area contributed by atoms with Crippen LogP contribution in [0.1, 0.15) is 19.8 Å². The number of ether oxygens (including phenoxy) is 1. The maximum atomic E-state index is 8.83. The number of aliphatic hydroxyl groups excluding tert-OH is 1. The molecule has 0 unspecified atom stereocenters. The number of nitrogens with zero attached hydrogens (tertiary/aromatic N) is 2. The van der Waals surface area contributed by atoms with E-state index in [1.807, 2.05) is 19.1 Å². The Labute approximate surface area is 122 Å². The van der Waals surface area contributed by atoms with Gasteiger partial charge in [-0.3, -0.25) is 4.90 Å². The Bertz CT molecular complexity index is 390. The number of anilines is 1. The van der Waals surface area contributed by atoms with E-state index in [-0.39, 0.29) is 0 Å². The second kappa shape index (κ2) is 8.12. The number of piperazine rings is 1. The summed E-state index contributed by atoms with van der Waals surface area (Å²) in [6, 6.07) is 8.30. The van der Waals surface area contributed by atoms with Crippen molar-refractivity contribution in [1.29, 1.82) is 0 Å². The standard InChI is InChI=1S/C16H26N2O2/c1-2-20-16-8-4-3-7-15(16)18-12-10-17(11-13-18)9-5-6-14-19/h3-4,7-8,19H,2,5-6,9-14H2,1H3. The molecule has 0 aromatic heterocycles. The van der Waals surface area contributed by atoms with Crippen molar-refractivity contribution in [3.05, 3.63) is 24.3 Å². The molecule has 1 aromatic rings. The van der Waals surface area contributed by atoms with E-state index < -0.39 is 0 Å². The molecule has 1 N–H and O–H groups in total. The lowest BCUT2D eigenvalue weighted by molar-refractivity contribution is 0.232. The lowest BCUT2D eigenvalue weighted by Gasteiger charge is -2.36. The molecule has 4 heteroatoms. The first-order chi connectivity index (χ1) is 9.85. The zero-order valence-corrected chi connectivity index (χ0v) is 12.4. The van der Waals surface area contributed by atoms with E-state index in [2.05, 4.69) is 21.9 Å². The molecule has 20 heavy (non-hydrogen) atoms. The van der Waals surface area contributed by atoms with Gasteiger partial charge in [-0.05, 0) is 38.4 Å². The van der Waals surface area contributed by atoms with Crippen molar-refractivity contribution in [2.45, 2.75) is 19.8 Å². The number of benzene rings is 1. The van der Waals surface area contributed by atoms with Crippen LogP contribution in [0.3, 0.4) is 0 Å². The van der Waals surface area contributed by atoms with Crippen LogP contribution in [0.2, 0.25) is 0 Å². The Balaban J connectivity index is 1.87. The van der Waals surface area contributed by atoms with Gasteiger partial charge in [0.1, 0.15) is 5.75 Å². The van der Waals surface area contributed by atoms with Crippen molar-refractivity contribution < 1.29 is 9.84 Å². The van der Waals surface area contributed by atoms with Crippen LogP contribution in [0.25, 0.3) is 0 Å². The molecule has 0 spiro atoms. The number of hydrogen-bond acceptors (Lipinski definition) is 4. The summed E-state index contributed by atoms with van der Waals surface area (Å²) in [5.41, 5.74) is 1.21. The second-order valence-electron chi connectivity index (χ2n) is 5.16. The zero-order valence-electron chi connectivity index (χ0n) is 12.4. The van der Waals surface area contributed by atoms with Crippen molar-refractivity contribution in [3.63, 3.8) is 0 Å². The molecule has 0 saturated carbocycles. The molecule has 1 saturated heterocycles. The smallest absolute Gasteiger partial charge is 0.142 e.